The van der Waals surface area contributed by atoms with Crippen molar-refractivity contribution in [3.63, 3.8) is 0 Å². The van der Waals surface area contributed by atoms with Crippen LogP contribution >= 0.6 is 0 Å². The molecule has 0 saturated heterocycles. The molecule has 1 aliphatic rings. The highest BCUT2D eigenvalue weighted by Gasteiger charge is 2.41. The molecule has 1 N–H and O–H groups in total. The quantitative estimate of drug-likeness (QED) is 0.525. The summed E-state index contributed by atoms with van der Waals surface area (Å²) in [5, 5.41) is 1.88. The Morgan fingerprint density at radius 1 is 1.50 bits per heavy atom. The van der Waals surface area contributed by atoms with Gasteiger partial charge in [0.2, 0.25) is 0 Å². The van der Waals surface area contributed by atoms with Gasteiger partial charge in [-0.05, 0) is 0 Å². The van der Waals surface area contributed by atoms with E-state index in [1.54, 1.807) is 0 Å². The molecule has 1 nitrogen and oxygen atoms in total. The van der Waals surface area contributed by atoms with Crippen LogP contribution in [0.1, 0.15) is 6.42 Å². The van der Waals surface area contributed by atoms with Crippen LogP contribution in [0.3, 0.4) is 0 Å². The molecular formula is C5H5F4N. The average Bonchev–Trinajstić information content (AvgIpc) is 2.11. The van der Waals surface area contributed by atoms with Crippen LogP contribution < -0.4 is 5.32 Å². The summed E-state index contributed by atoms with van der Waals surface area (Å²) >= 11 is 0. The van der Waals surface area contributed by atoms with Crippen molar-refractivity contribution < 1.29 is 17.6 Å². The van der Waals surface area contributed by atoms with E-state index in [2.05, 4.69) is 0 Å². The first-order valence-corrected chi connectivity index (χ1v) is 2.67. The molecule has 0 saturated carbocycles. The summed E-state index contributed by atoms with van der Waals surface area (Å²) in [5.41, 5.74) is 0. The molecule has 0 aliphatic carbocycles. The topological polar surface area (TPSA) is 12.0 Å². The van der Waals surface area contributed by atoms with Crippen molar-refractivity contribution in [2.45, 2.75) is 18.6 Å². The molecule has 1 unspecified atom stereocenters. The van der Waals surface area contributed by atoms with Gasteiger partial charge >= 0.3 is 6.18 Å². The molecular weight excluding hydrogens is 150 g/mol. The van der Waals surface area contributed by atoms with Gasteiger partial charge in [-0.2, -0.15) is 13.2 Å². The standard InChI is InChI=1S/C5H5F4N/c6-3-1-4(10-2-3)5(7,8)9/h2,4,10H,1H2. The summed E-state index contributed by atoms with van der Waals surface area (Å²) in [4.78, 5) is 0. The molecule has 0 spiro atoms. The van der Waals surface area contributed by atoms with Crippen molar-refractivity contribution in [1.29, 1.82) is 0 Å². The maximum Gasteiger partial charge on any atom is 0.408 e. The fraction of sp³-hybridized carbons (Fsp3) is 0.600. The van der Waals surface area contributed by atoms with Gasteiger partial charge in [-0.25, -0.2) is 4.39 Å². The first kappa shape index (κ1) is 7.37. The fourth-order valence-electron chi connectivity index (χ4n) is 0.714. The SMILES string of the molecule is FC1=CNC(C(F)(F)F)C1. The molecule has 0 fully saturated rings. The first-order chi connectivity index (χ1) is 4.50. The van der Waals surface area contributed by atoms with Crippen LogP contribution in [-0.2, 0) is 0 Å². The van der Waals surface area contributed by atoms with Gasteiger partial charge in [0.1, 0.15) is 11.9 Å². The van der Waals surface area contributed by atoms with E-state index >= 15 is 0 Å². The van der Waals surface area contributed by atoms with E-state index in [9.17, 15) is 17.6 Å². The lowest BCUT2D eigenvalue weighted by Gasteiger charge is -2.13. The van der Waals surface area contributed by atoms with Gasteiger partial charge in [-0.15, -0.1) is 0 Å². The van der Waals surface area contributed by atoms with Crippen LogP contribution in [0.4, 0.5) is 17.6 Å². The average molecular weight is 155 g/mol. The van der Waals surface area contributed by atoms with Crippen molar-refractivity contribution in [2.24, 2.45) is 0 Å². The van der Waals surface area contributed by atoms with Crippen molar-refractivity contribution in [3.05, 3.63) is 12.0 Å². The molecule has 1 heterocycles. The molecule has 0 bridgehead atoms. The number of hydrogen-bond donors (Lipinski definition) is 1. The van der Waals surface area contributed by atoms with Gasteiger partial charge < -0.3 is 5.32 Å². The number of alkyl halides is 3. The summed E-state index contributed by atoms with van der Waals surface area (Å²) in [7, 11) is 0. The lowest BCUT2D eigenvalue weighted by atomic mass is 10.2. The maximum atomic E-state index is 12.0. The molecule has 0 amide bonds. The Labute approximate surface area is 54.7 Å². The summed E-state index contributed by atoms with van der Waals surface area (Å²) in [6.45, 7) is 0. The highest BCUT2D eigenvalue weighted by atomic mass is 19.4. The van der Waals surface area contributed by atoms with Gasteiger partial charge in [-0.3, -0.25) is 0 Å². The summed E-state index contributed by atoms with van der Waals surface area (Å²) in [6.07, 6.45) is -4.17. The molecule has 1 rings (SSSR count). The molecule has 10 heavy (non-hydrogen) atoms. The fourth-order valence-corrected chi connectivity index (χ4v) is 0.714. The Balaban J connectivity index is 2.50. The number of rotatable bonds is 0. The van der Waals surface area contributed by atoms with Crippen LogP contribution in [0.25, 0.3) is 0 Å². The van der Waals surface area contributed by atoms with E-state index in [1.807, 2.05) is 5.32 Å². The molecule has 58 valence electrons. The van der Waals surface area contributed by atoms with Crippen molar-refractivity contribution in [1.82, 2.24) is 5.32 Å². The normalized spacial score (nSPS) is 26.0. The largest absolute Gasteiger partial charge is 0.408 e. The second-order valence-electron chi connectivity index (χ2n) is 2.06. The van der Waals surface area contributed by atoms with Gasteiger partial charge in [0, 0.05) is 12.6 Å². The highest BCUT2D eigenvalue weighted by molar-refractivity contribution is 5.04. The van der Waals surface area contributed by atoms with Gasteiger partial charge in [-0.1, -0.05) is 0 Å². The summed E-state index contributed by atoms with van der Waals surface area (Å²) < 4.78 is 47.0. The van der Waals surface area contributed by atoms with Crippen molar-refractivity contribution >= 4 is 0 Å². The summed E-state index contributed by atoms with van der Waals surface area (Å²) in [5.74, 6) is -0.748. The van der Waals surface area contributed by atoms with Crippen molar-refractivity contribution in [3.8, 4) is 0 Å². The highest BCUT2D eigenvalue weighted by Crippen LogP contribution is 2.28. The van der Waals surface area contributed by atoms with E-state index in [-0.39, 0.29) is 0 Å². The minimum Gasteiger partial charge on any atom is -0.378 e. The Morgan fingerprint density at radius 3 is 2.30 bits per heavy atom. The lowest BCUT2D eigenvalue weighted by molar-refractivity contribution is -0.151. The smallest absolute Gasteiger partial charge is 0.378 e. The number of hydrogen-bond acceptors (Lipinski definition) is 1. The number of halogens is 4. The van der Waals surface area contributed by atoms with Crippen LogP contribution in [0.15, 0.2) is 12.0 Å². The molecule has 5 heteroatoms. The Bertz CT molecular complexity index is 160. The zero-order valence-corrected chi connectivity index (χ0v) is 4.87. The van der Waals surface area contributed by atoms with Crippen LogP contribution in [0, 0.1) is 0 Å². The van der Waals surface area contributed by atoms with Gasteiger partial charge in [0.05, 0.1) is 0 Å². The zero-order valence-electron chi connectivity index (χ0n) is 4.87. The third kappa shape index (κ3) is 1.40. The summed E-state index contributed by atoms with van der Waals surface area (Å²) in [6, 6.07) is -1.73. The van der Waals surface area contributed by atoms with Crippen LogP contribution in [-0.4, -0.2) is 12.2 Å². The molecule has 1 aliphatic heterocycles. The Kier molecular flexibility index (Phi) is 1.58. The van der Waals surface area contributed by atoms with E-state index in [1.165, 1.54) is 0 Å². The third-order valence-electron chi connectivity index (χ3n) is 1.24. The van der Waals surface area contributed by atoms with E-state index in [4.69, 9.17) is 0 Å². The minimum absolute atomic E-state index is 0.580. The van der Waals surface area contributed by atoms with E-state index in [0.29, 0.717) is 0 Å². The van der Waals surface area contributed by atoms with Crippen LogP contribution in [0.2, 0.25) is 0 Å². The monoisotopic (exact) mass is 155 g/mol. The zero-order chi connectivity index (χ0) is 7.78. The second-order valence-corrected chi connectivity index (χ2v) is 2.06. The Morgan fingerprint density at radius 2 is 2.10 bits per heavy atom. The third-order valence-corrected chi connectivity index (χ3v) is 1.24. The molecule has 0 aromatic heterocycles. The number of nitrogens with one attached hydrogen (secondary N) is 1. The molecule has 0 radical (unpaired) electrons. The van der Waals surface area contributed by atoms with Gasteiger partial charge in [0.15, 0.2) is 0 Å². The first-order valence-electron chi connectivity index (χ1n) is 2.67. The lowest BCUT2D eigenvalue weighted by Crippen LogP contribution is -2.36. The van der Waals surface area contributed by atoms with Crippen LogP contribution in [0.5, 0.6) is 0 Å². The second kappa shape index (κ2) is 2.14. The Hall–Kier alpha value is -0.740. The van der Waals surface area contributed by atoms with E-state index < -0.39 is 24.5 Å². The predicted octanol–water partition coefficient (Wildman–Crippen LogP) is 1.72. The predicted molar refractivity (Wildman–Crippen MR) is 26.8 cm³/mol. The molecule has 0 aromatic rings. The molecule has 0 aromatic carbocycles. The van der Waals surface area contributed by atoms with E-state index in [0.717, 1.165) is 6.20 Å². The minimum atomic E-state index is -4.34. The van der Waals surface area contributed by atoms with Gasteiger partial charge in [0.25, 0.3) is 0 Å². The maximum absolute atomic E-state index is 12.0. The molecule has 1 atom stereocenters. The van der Waals surface area contributed by atoms with Crippen molar-refractivity contribution in [2.75, 3.05) is 0 Å².